The van der Waals surface area contributed by atoms with Gasteiger partial charge in [-0.05, 0) is 44.0 Å². The molecule has 32 heavy (non-hydrogen) atoms. The summed E-state index contributed by atoms with van der Waals surface area (Å²) in [5.41, 5.74) is 10.2. The van der Waals surface area contributed by atoms with Crippen LogP contribution < -0.4 is 10.5 Å². The van der Waals surface area contributed by atoms with Crippen molar-refractivity contribution in [2.75, 3.05) is 5.73 Å². The van der Waals surface area contributed by atoms with Crippen LogP contribution in [-0.4, -0.2) is 24.9 Å². The van der Waals surface area contributed by atoms with Gasteiger partial charge >= 0.3 is 0 Å². The van der Waals surface area contributed by atoms with Crippen molar-refractivity contribution in [3.63, 3.8) is 0 Å². The number of benzene rings is 1. The van der Waals surface area contributed by atoms with Gasteiger partial charge in [-0.25, -0.2) is 19.0 Å². The minimum absolute atomic E-state index is 0.266. The Labute approximate surface area is 183 Å². The molecule has 9 heteroatoms. The Morgan fingerprint density at radius 2 is 2.06 bits per heavy atom. The molecule has 2 aliphatic rings. The molecule has 1 aliphatic heterocycles. The summed E-state index contributed by atoms with van der Waals surface area (Å²) in [7, 11) is 0. The summed E-state index contributed by atoms with van der Waals surface area (Å²) in [4.78, 5) is 8.82. The standard InChI is InChI=1S/C23H21FN6O2/c1-12-17-8-15(24)5-6-16(17)23-27-11-28-30(23)10-19-20(21(29-32-19)13-3-2-4-13)14-7-18(31-12)22(25)26-9-14/h5-9,11-13H,2-4,10H2,1H3,(H2,25,26). The highest BCUT2D eigenvalue weighted by Gasteiger charge is 2.31. The zero-order valence-corrected chi connectivity index (χ0v) is 17.5. The lowest BCUT2D eigenvalue weighted by Crippen LogP contribution is -2.13. The van der Waals surface area contributed by atoms with E-state index in [1.54, 1.807) is 16.9 Å². The number of anilines is 1. The molecule has 1 atom stereocenters. The van der Waals surface area contributed by atoms with E-state index in [1.165, 1.54) is 24.9 Å². The molecule has 0 radical (unpaired) electrons. The van der Waals surface area contributed by atoms with Crippen molar-refractivity contribution in [1.29, 1.82) is 0 Å². The van der Waals surface area contributed by atoms with E-state index in [4.69, 9.17) is 15.0 Å². The molecule has 4 aromatic rings. The van der Waals surface area contributed by atoms with E-state index in [9.17, 15) is 4.39 Å². The topological polar surface area (TPSA) is 105 Å². The van der Waals surface area contributed by atoms with Gasteiger partial charge in [-0.15, -0.1) is 0 Å². The quantitative estimate of drug-likeness (QED) is 0.473. The number of halogens is 1. The van der Waals surface area contributed by atoms with Crippen LogP contribution in [-0.2, 0) is 6.54 Å². The molecule has 1 saturated carbocycles. The minimum atomic E-state index is -0.502. The van der Waals surface area contributed by atoms with Gasteiger partial charge in [-0.3, -0.25) is 0 Å². The van der Waals surface area contributed by atoms with Crippen LogP contribution >= 0.6 is 0 Å². The molecule has 162 valence electrons. The Balaban J connectivity index is 1.60. The first kappa shape index (κ1) is 19.0. The average molecular weight is 432 g/mol. The molecule has 0 spiro atoms. The molecule has 1 fully saturated rings. The zero-order chi connectivity index (χ0) is 21.8. The van der Waals surface area contributed by atoms with Crippen LogP contribution in [0.4, 0.5) is 10.2 Å². The summed E-state index contributed by atoms with van der Waals surface area (Å²) in [6.45, 7) is 2.18. The molecule has 3 aromatic heterocycles. The molecule has 2 bridgehead atoms. The average Bonchev–Trinajstić information content (AvgIpc) is 3.35. The lowest BCUT2D eigenvalue weighted by atomic mass is 9.80. The first-order valence-corrected chi connectivity index (χ1v) is 10.7. The van der Waals surface area contributed by atoms with Gasteiger partial charge in [0.1, 0.15) is 24.8 Å². The van der Waals surface area contributed by atoms with Gasteiger partial charge in [0.2, 0.25) is 0 Å². The third-order valence-corrected chi connectivity index (χ3v) is 6.36. The maximum atomic E-state index is 14.2. The molecule has 1 aliphatic carbocycles. The molecule has 4 heterocycles. The number of nitrogens with zero attached hydrogens (tertiary/aromatic N) is 5. The second-order valence-electron chi connectivity index (χ2n) is 8.33. The smallest absolute Gasteiger partial charge is 0.166 e. The second kappa shape index (κ2) is 7.15. The van der Waals surface area contributed by atoms with Gasteiger partial charge in [-0.1, -0.05) is 11.6 Å². The number of pyridine rings is 1. The Morgan fingerprint density at radius 1 is 1.19 bits per heavy atom. The van der Waals surface area contributed by atoms with Crippen LogP contribution in [0.15, 0.2) is 41.3 Å². The number of hydrogen-bond acceptors (Lipinski definition) is 7. The summed E-state index contributed by atoms with van der Waals surface area (Å²) in [5.74, 6) is 1.95. The number of nitrogens with two attached hydrogens (primary N) is 1. The summed E-state index contributed by atoms with van der Waals surface area (Å²) in [5, 5.41) is 8.84. The molecule has 1 aromatic carbocycles. The van der Waals surface area contributed by atoms with Crippen LogP contribution in [0.3, 0.4) is 0 Å². The Morgan fingerprint density at radius 3 is 2.88 bits per heavy atom. The summed E-state index contributed by atoms with van der Waals surface area (Å²) >= 11 is 0. The minimum Gasteiger partial charge on any atom is -0.482 e. The molecule has 0 saturated heterocycles. The van der Waals surface area contributed by atoms with Crippen LogP contribution in [0.2, 0.25) is 0 Å². The van der Waals surface area contributed by atoms with Gasteiger partial charge < -0.3 is 15.0 Å². The number of rotatable bonds is 1. The second-order valence-corrected chi connectivity index (χ2v) is 8.33. The highest BCUT2D eigenvalue weighted by atomic mass is 19.1. The van der Waals surface area contributed by atoms with Crippen LogP contribution in [0.5, 0.6) is 5.75 Å². The third-order valence-electron chi connectivity index (χ3n) is 6.36. The third kappa shape index (κ3) is 2.96. The highest BCUT2D eigenvalue weighted by molar-refractivity contribution is 5.72. The van der Waals surface area contributed by atoms with Gasteiger partial charge in [0.15, 0.2) is 23.2 Å². The maximum absolute atomic E-state index is 14.2. The number of aromatic nitrogens is 5. The SMILES string of the molecule is CC1Oc2cc(cnc2N)-c2c(C3CCC3)noc2Cn2ncnc2-c2ccc(F)cc21. The molecular weight excluding hydrogens is 411 g/mol. The largest absolute Gasteiger partial charge is 0.482 e. The Hall–Kier alpha value is -3.75. The van der Waals surface area contributed by atoms with Crippen molar-refractivity contribution in [2.24, 2.45) is 0 Å². The van der Waals surface area contributed by atoms with E-state index in [2.05, 4.69) is 20.2 Å². The fourth-order valence-corrected chi connectivity index (χ4v) is 4.45. The number of fused-ring (bicyclic) bond motifs is 7. The van der Waals surface area contributed by atoms with Crippen molar-refractivity contribution in [3.05, 3.63) is 59.6 Å². The maximum Gasteiger partial charge on any atom is 0.166 e. The van der Waals surface area contributed by atoms with E-state index >= 15 is 0 Å². The van der Waals surface area contributed by atoms with Crippen molar-refractivity contribution < 1.29 is 13.7 Å². The summed E-state index contributed by atoms with van der Waals surface area (Å²) < 4.78 is 28.0. The number of hydrogen-bond donors (Lipinski definition) is 1. The van der Waals surface area contributed by atoms with Gasteiger partial charge in [-0.2, -0.15) is 5.10 Å². The summed E-state index contributed by atoms with van der Waals surface area (Å²) in [6.07, 6.45) is 6.03. The number of nitrogen functional groups attached to an aromatic ring is 1. The lowest BCUT2D eigenvalue weighted by Gasteiger charge is -2.24. The van der Waals surface area contributed by atoms with Gasteiger partial charge in [0, 0.05) is 28.8 Å². The molecular formula is C23H21FN6O2. The molecule has 2 N–H and O–H groups in total. The summed E-state index contributed by atoms with van der Waals surface area (Å²) in [6, 6.07) is 6.41. The van der Waals surface area contributed by atoms with Gasteiger partial charge in [0.05, 0.1) is 11.3 Å². The molecule has 6 rings (SSSR count). The van der Waals surface area contributed by atoms with Gasteiger partial charge in [0.25, 0.3) is 0 Å². The zero-order valence-electron chi connectivity index (χ0n) is 17.5. The van der Waals surface area contributed by atoms with E-state index < -0.39 is 6.10 Å². The van der Waals surface area contributed by atoms with Crippen LogP contribution in [0.25, 0.3) is 22.5 Å². The highest BCUT2D eigenvalue weighted by Crippen LogP contribution is 2.44. The van der Waals surface area contributed by atoms with E-state index in [0.29, 0.717) is 35.4 Å². The first-order valence-electron chi connectivity index (χ1n) is 10.7. The predicted molar refractivity (Wildman–Crippen MR) is 114 cm³/mol. The van der Waals surface area contributed by atoms with Crippen LogP contribution in [0, 0.1) is 5.82 Å². The normalized spacial score (nSPS) is 17.8. The molecule has 8 nitrogen and oxygen atoms in total. The Bertz CT molecular complexity index is 1330. The van der Waals surface area contributed by atoms with E-state index in [0.717, 1.165) is 35.2 Å². The van der Waals surface area contributed by atoms with Crippen LogP contribution in [0.1, 0.15) is 55.2 Å². The predicted octanol–water partition coefficient (Wildman–Crippen LogP) is 4.49. The fraction of sp³-hybridized carbons (Fsp3) is 0.304. The van der Waals surface area contributed by atoms with Crippen molar-refractivity contribution in [1.82, 2.24) is 24.9 Å². The van der Waals surface area contributed by atoms with E-state index in [1.807, 2.05) is 13.0 Å². The van der Waals surface area contributed by atoms with Crippen molar-refractivity contribution >= 4 is 5.82 Å². The molecule has 0 amide bonds. The van der Waals surface area contributed by atoms with Crippen molar-refractivity contribution in [2.45, 2.75) is 44.8 Å². The molecule has 1 unspecified atom stereocenters. The fourth-order valence-electron chi connectivity index (χ4n) is 4.45. The Kier molecular flexibility index (Phi) is 4.24. The first-order chi connectivity index (χ1) is 15.6. The lowest BCUT2D eigenvalue weighted by molar-refractivity contribution is 0.227. The van der Waals surface area contributed by atoms with E-state index in [-0.39, 0.29) is 11.6 Å². The monoisotopic (exact) mass is 432 g/mol. The number of ether oxygens (including phenoxy) is 1. The van der Waals surface area contributed by atoms with Crippen molar-refractivity contribution in [3.8, 4) is 28.3 Å².